The van der Waals surface area contributed by atoms with Crippen molar-refractivity contribution in [2.24, 2.45) is 11.7 Å². The highest BCUT2D eigenvalue weighted by Crippen LogP contribution is 2.23. The van der Waals surface area contributed by atoms with E-state index in [2.05, 4.69) is 22.0 Å². The van der Waals surface area contributed by atoms with Crippen molar-refractivity contribution in [2.75, 3.05) is 32.7 Å². The Labute approximate surface area is 105 Å². The van der Waals surface area contributed by atoms with Crippen LogP contribution in [-0.4, -0.2) is 54.6 Å². The van der Waals surface area contributed by atoms with Crippen LogP contribution < -0.4 is 5.73 Å². The molecule has 3 rings (SSSR count). The maximum absolute atomic E-state index is 5.91. The fourth-order valence-corrected chi connectivity index (χ4v) is 3.66. The van der Waals surface area contributed by atoms with Crippen molar-refractivity contribution < 1.29 is 0 Å². The van der Waals surface area contributed by atoms with Crippen molar-refractivity contribution in [3.8, 4) is 0 Å². The van der Waals surface area contributed by atoms with Crippen molar-refractivity contribution in [2.45, 2.75) is 37.8 Å². The van der Waals surface area contributed by atoms with Crippen molar-refractivity contribution in [1.82, 2.24) is 9.80 Å². The third-order valence-corrected chi connectivity index (χ3v) is 4.60. The largest absolute Gasteiger partial charge is 0.324 e. The van der Waals surface area contributed by atoms with Gasteiger partial charge in [-0.15, -0.1) is 0 Å². The molecular weight excluding hydrogens is 210 g/mol. The SMILES string of the molecule is NC1C=CC(CN2CCC(N3CCCC3)C2)C1. The second-order valence-corrected chi connectivity index (χ2v) is 5.99. The number of rotatable bonds is 3. The van der Waals surface area contributed by atoms with E-state index in [-0.39, 0.29) is 0 Å². The summed E-state index contributed by atoms with van der Waals surface area (Å²) < 4.78 is 0. The molecule has 3 unspecified atom stereocenters. The van der Waals surface area contributed by atoms with E-state index in [1.54, 1.807) is 0 Å². The highest BCUT2D eigenvalue weighted by atomic mass is 15.3. The van der Waals surface area contributed by atoms with E-state index < -0.39 is 0 Å². The summed E-state index contributed by atoms with van der Waals surface area (Å²) in [6, 6.07) is 1.16. The van der Waals surface area contributed by atoms with Crippen LogP contribution in [0.4, 0.5) is 0 Å². The molecule has 0 amide bonds. The molecule has 96 valence electrons. The number of nitrogens with zero attached hydrogens (tertiary/aromatic N) is 2. The van der Waals surface area contributed by atoms with Gasteiger partial charge in [0.1, 0.15) is 0 Å². The van der Waals surface area contributed by atoms with Crippen LogP contribution in [0.25, 0.3) is 0 Å². The Bertz CT molecular complexity index is 283. The fraction of sp³-hybridized carbons (Fsp3) is 0.857. The minimum absolute atomic E-state index is 0.317. The summed E-state index contributed by atoms with van der Waals surface area (Å²) >= 11 is 0. The highest BCUT2D eigenvalue weighted by Gasteiger charge is 2.30. The normalized spacial score (nSPS) is 39.5. The molecule has 2 aliphatic heterocycles. The predicted octanol–water partition coefficient (Wildman–Crippen LogP) is 1.06. The monoisotopic (exact) mass is 235 g/mol. The van der Waals surface area contributed by atoms with Crippen molar-refractivity contribution >= 4 is 0 Å². The van der Waals surface area contributed by atoms with E-state index >= 15 is 0 Å². The van der Waals surface area contributed by atoms with Gasteiger partial charge in [-0.1, -0.05) is 12.2 Å². The molecule has 17 heavy (non-hydrogen) atoms. The zero-order valence-corrected chi connectivity index (χ0v) is 10.7. The van der Waals surface area contributed by atoms with E-state index in [0.717, 1.165) is 12.5 Å². The Morgan fingerprint density at radius 1 is 1.12 bits per heavy atom. The Morgan fingerprint density at radius 2 is 1.94 bits per heavy atom. The van der Waals surface area contributed by atoms with Gasteiger partial charge in [-0.25, -0.2) is 0 Å². The third-order valence-electron chi connectivity index (χ3n) is 4.60. The average molecular weight is 235 g/mol. The van der Waals surface area contributed by atoms with Crippen molar-refractivity contribution in [3.05, 3.63) is 12.2 Å². The Morgan fingerprint density at radius 3 is 2.65 bits per heavy atom. The summed E-state index contributed by atoms with van der Waals surface area (Å²) in [5.41, 5.74) is 5.91. The molecule has 0 spiro atoms. The lowest BCUT2D eigenvalue weighted by Crippen LogP contribution is -2.36. The number of hydrogen-bond acceptors (Lipinski definition) is 3. The van der Waals surface area contributed by atoms with Gasteiger partial charge in [0.05, 0.1) is 0 Å². The topological polar surface area (TPSA) is 32.5 Å². The molecule has 0 aromatic rings. The van der Waals surface area contributed by atoms with Crippen LogP contribution in [0.1, 0.15) is 25.7 Å². The first-order valence-corrected chi connectivity index (χ1v) is 7.21. The average Bonchev–Trinajstić information content (AvgIpc) is 3.00. The van der Waals surface area contributed by atoms with E-state index in [9.17, 15) is 0 Å². The van der Waals surface area contributed by atoms with E-state index in [0.29, 0.717) is 12.0 Å². The smallest absolute Gasteiger partial charge is 0.0235 e. The summed E-state index contributed by atoms with van der Waals surface area (Å²) in [5, 5.41) is 0. The van der Waals surface area contributed by atoms with Crippen LogP contribution in [0, 0.1) is 5.92 Å². The lowest BCUT2D eigenvalue weighted by molar-refractivity contribution is 0.224. The molecule has 3 heteroatoms. The molecule has 0 radical (unpaired) electrons. The van der Waals surface area contributed by atoms with E-state index in [1.807, 2.05) is 0 Å². The minimum Gasteiger partial charge on any atom is -0.324 e. The van der Waals surface area contributed by atoms with E-state index in [4.69, 9.17) is 5.73 Å². The van der Waals surface area contributed by atoms with Crippen LogP contribution in [0.5, 0.6) is 0 Å². The van der Waals surface area contributed by atoms with E-state index in [1.165, 1.54) is 52.0 Å². The van der Waals surface area contributed by atoms with Crippen LogP contribution in [-0.2, 0) is 0 Å². The minimum atomic E-state index is 0.317. The summed E-state index contributed by atoms with van der Waals surface area (Å²) in [6.07, 6.45) is 9.87. The summed E-state index contributed by atoms with van der Waals surface area (Å²) in [4.78, 5) is 5.35. The molecule has 2 saturated heterocycles. The molecule has 3 aliphatic rings. The van der Waals surface area contributed by atoms with Gasteiger partial charge in [0.2, 0.25) is 0 Å². The molecule has 2 heterocycles. The number of nitrogens with two attached hydrogens (primary N) is 1. The van der Waals surface area contributed by atoms with Gasteiger partial charge < -0.3 is 10.6 Å². The van der Waals surface area contributed by atoms with Gasteiger partial charge in [-0.3, -0.25) is 4.90 Å². The third kappa shape index (κ3) is 2.72. The number of hydrogen-bond donors (Lipinski definition) is 1. The lowest BCUT2D eigenvalue weighted by atomic mass is 10.1. The first-order valence-electron chi connectivity index (χ1n) is 7.21. The molecule has 0 aromatic heterocycles. The molecule has 2 fully saturated rings. The Balaban J connectivity index is 1.45. The molecule has 2 N–H and O–H groups in total. The molecule has 3 nitrogen and oxygen atoms in total. The maximum atomic E-state index is 5.91. The predicted molar refractivity (Wildman–Crippen MR) is 70.9 cm³/mol. The van der Waals surface area contributed by atoms with Crippen LogP contribution in [0.3, 0.4) is 0 Å². The second-order valence-electron chi connectivity index (χ2n) is 5.99. The maximum Gasteiger partial charge on any atom is 0.0235 e. The Kier molecular flexibility index (Phi) is 3.50. The molecule has 0 aromatic carbocycles. The molecule has 3 atom stereocenters. The fourth-order valence-electron chi connectivity index (χ4n) is 3.66. The second kappa shape index (κ2) is 5.09. The van der Waals surface area contributed by atoms with Gasteiger partial charge in [-0.05, 0) is 51.2 Å². The standard InChI is InChI=1S/C14H25N3/c15-13-4-3-12(9-13)10-16-8-5-14(11-16)17-6-1-2-7-17/h3-4,12-14H,1-2,5-11,15H2. The van der Waals surface area contributed by atoms with Crippen LogP contribution >= 0.6 is 0 Å². The van der Waals surface area contributed by atoms with Crippen molar-refractivity contribution in [3.63, 3.8) is 0 Å². The first-order chi connectivity index (χ1) is 8.31. The Hall–Kier alpha value is -0.380. The van der Waals surface area contributed by atoms with Gasteiger partial charge in [0.25, 0.3) is 0 Å². The lowest BCUT2D eigenvalue weighted by Gasteiger charge is -2.24. The van der Waals surface area contributed by atoms with Gasteiger partial charge in [0.15, 0.2) is 0 Å². The van der Waals surface area contributed by atoms with Gasteiger partial charge in [-0.2, -0.15) is 0 Å². The van der Waals surface area contributed by atoms with Gasteiger partial charge >= 0.3 is 0 Å². The summed E-state index contributed by atoms with van der Waals surface area (Å²) in [5.74, 6) is 0.710. The van der Waals surface area contributed by atoms with Crippen molar-refractivity contribution in [1.29, 1.82) is 0 Å². The molecular formula is C14H25N3. The molecule has 1 aliphatic carbocycles. The van der Waals surface area contributed by atoms with Crippen LogP contribution in [0.2, 0.25) is 0 Å². The zero-order valence-electron chi connectivity index (χ0n) is 10.7. The highest BCUT2D eigenvalue weighted by molar-refractivity contribution is 5.05. The summed E-state index contributed by atoms with van der Waals surface area (Å²) in [7, 11) is 0. The quantitative estimate of drug-likeness (QED) is 0.743. The zero-order chi connectivity index (χ0) is 11.7. The molecule has 0 saturated carbocycles. The molecule has 0 bridgehead atoms. The van der Waals surface area contributed by atoms with Gasteiger partial charge in [0, 0.05) is 25.2 Å². The first kappa shape index (κ1) is 11.7. The number of likely N-dealkylation sites (tertiary alicyclic amines) is 2. The summed E-state index contributed by atoms with van der Waals surface area (Å²) in [6.45, 7) is 6.49. The van der Waals surface area contributed by atoms with Crippen LogP contribution in [0.15, 0.2) is 12.2 Å².